The summed E-state index contributed by atoms with van der Waals surface area (Å²) in [5.74, 6) is -20.7. The number of carboxylic acids is 3. The van der Waals surface area contributed by atoms with Crippen LogP contribution < -0.4 is 104 Å². The number of hydrogen-bond acceptors (Lipinski definition) is 23. The number of benzene rings is 1. The lowest BCUT2D eigenvalue weighted by Crippen LogP contribution is -2.62. The second-order valence-corrected chi connectivity index (χ2v) is 26.7. The minimum Gasteiger partial charge on any atom is -0.481 e. The highest BCUT2D eigenvalue weighted by Gasteiger charge is 2.39. The fourth-order valence-corrected chi connectivity index (χ4v) is 11.0. The van der Waals surface area contributed by atoms with Crippen LogP contribution in [0.3, 0.4) is 0 Å². The summed E-state index contributed by atoms with van der Waals surface area (Å²) in [6.45, 7) is 6.93. The number of nitrogens with two attached hydrogens (primary N) is 7. The SMILES string of the molecule is CC[C@H](C)[C@H](NC(=O)[C@H](CCC(N)=O)NC(=O)[C@@H](NC(=O)[C@H](CCC(=O)O)NC(=O)[C@H](CCCN=C(N)N)NC(=O)[C@H](CC(=O)O)NC(=O)[C@@H](N)Cc1c[nH]c2ccccc12)[C@@H](C)O)C(=O)N[C@@H](CS)C(=O)N[C@@H](CCCCN)C(=O)N[C@@H](C)C(=O)N[C@@H](CCCCN)C(=O)N[C@@H](C)C(=O)N[C@@H](CCC(N)=O)C(=O)O. The van der Waals surface area contributed by atoms with Crippen molar-refractivity contribution in [3.8, 4) is 0 Å². The van der Waals surface area contributed by atoms with Gasteiger partial charge in [-0.15, -0.1) is 0 Å². The van der Waals surface area contributed by atoms with Crippen LogP contribution in [-0.4, -0.2) is 242 Å². The lowest BCUT2D eigenvalue weighted by molar-refractivity contribution is -0.142. The number of aromatic amines is 1. The number of rotatable bonds is 54. The molecule has 2 aromatic rings. The van der Waals surface area contributed by atoms with Crippen molar-refractivity contribution in [1.82, 2.24) is 68.8 Å². The number of fused-ring (bicyclic) bond motifs is 1. The number of hydrogen-bond donors (Lipinski definition) is 25. The smallest absolute Gasteiger partial charge is 0.326 e. The summed E-state index contributed by atoms with van der Waals surface area (Å²) in [5.41, 5.74) is 40.5. The number of nitrogens with zero attached hydrogens (tertiary/aromatic N) is 1. The molecule has 42 nitrogen and oxygen atoms in total. The number of unbranched alkanes of at least 4 members (excludes halogenated alkanes) is 2. The predicted octanol–water partition coefficient (Wildman–Crippen LogP) is -7.48. The van der Waals surface area contributed by atoms with Crippen molar-refractivity contribution in [3.05, 3.63) is 36.0 Å². The second kappa shape index (κ2) is 49.3. The van der Waals surface area contributed by atoms with Crippen LogP contribution in [0.2, 0.25) is 0 Å². The summed E-state index contributed by atoms with van der Waals surface area (Å²) < 4.78 is 0. The number of para-hydroxylation sites is 1. The van der Waals surface area contributed by atoms with E-state index in [0.717, 1.165) is 17.8 Å². The van der Waals surface area contributed by atoms with Gasteiger partial charge in [0.15, 0.2) is 5.96 Å². The summed E-state index contributed by atoms with van der Waals surface area (Å²) >= 11 is 4.27. The van der Waals surface area contributed by atoms with E-state index in [1.54, 1.807) is 37.4 Å². The molecule has 614 valence electrons. The van der Waals surface area contributed by atoms with Crippen molar-refractivity contribution in [1.29, 1.82) is 0 Å². The van der Waals surface area contributed by atoms with Gasteiger partial charge in [0.2, 0.25) is 82.7 Å². The molecule has 0 aliphatic carbocycles. The van der Waals surface area contributed by atoms with Crippen LogP contribution in [0.5, 0.6) is 0 Å². The van der Waals surface area contributed by atoms with Gasteiger partial charge in [0.25, 0.3) is 0 Å². The van der Waals surface area contributed by atoms with Gasteiger partial charge in [0.1, 0.15) is 72.5 Å². The van der Waals surface area contributed by atoms with Crippen molar-refractivity contribution in [2.45, 2.75) is 228 Å². The minimum absolute atomic E-state index is 0.0103. The zero-order valence-electron chi connectivity index (χ0n) is 62.1. The van der Waals surface area contributed by atoms with E-state index in [0.29, 0.717) is 24.8 Å². The molecule has 43 heteroatoms. The number of aliphatic carboxylic acids is 3. The molecule has 14 amide bonds. The molecule has 2 rings (SSSR count). The van der Waals surface area contributed by atoms with Crippen molar-refractivity contribution in [2.24, 2.45) is 51.0 Å². The van der Waals surface area contributed by atoms with Gasteiger partial charge in [-0.2, -0.15) is 12.6 Å². The third kappa shape index (κ3) is 34.6. The Morgan fingerprint density at radius 3 is 1.33 bits per heavy atom. The molecule has 0 saturated carbocycles. The summed E-state index contributed by atoms with van der Waals surface area (Å²) in [7, 11) is 0. The summed E-state index contributed by atoms with van der Waals surface area (Å²) in [6.07, 6.45) is -3.76. The maximum absolute atomic E-state index is 14.4. The number of amides is 14. The number of guanidine groups is 1. The topological polar surface area (TPSA) is 726 Å². The van der Waals surface area contributed by atoms with Crippen LogP contribution in [0.15, 0.2) is 35.5 Å². The van der Waals surface area contributed by atoms with E-state index in [1.165, 1.54) is 20.8 Å². The summed E-state index contributed by atoms with van der Waals surface area (Å²) in [6, 6.07) is -13.7. The lowest BCUT2D eigenvalue weighted by atomic mass is 9.97. The van der Waals surface area contributed by atoms with Gasteiger partial charge in [0.05, 0.1) is 18.6 Å². The molecule has 15 atom stereocenters. The number of thiol groups is 1. The van der Waals surface area contributed by atoms with Crippen molar-refractivity contribution >= 4 is 130 Å². The zero-order chi connectivity index (χ0) is 83.1. The van der Waals surface area contributed by atoms with E-state index in [1.807, 2.05) is 0 Å². The van der Waals surface area contributed by atoms with Gasteiger partial charge in [-0.05, 0) is 128 Å². The Balaban J connectivity index is 2.41. The number of carbonyl (C=O) groups is 17. The maximum Gasteiger partial charge on any atom is 0.326 e. The van der Waals surface area contributed by atoms with E-state index >= 15 is 0 Å². The highest BCUT2D eigenvalue weighted by atomic mass is 32.1. The number of aliphatic imine (C=N–C) groups is 1. The zero-order valence-corrected chi connectivity index (χ0v) is 63.0. The van der Waals surface area contributed by atoms with E-state index in [4.69, 9.17) is 40.1 Å². The van der Waals surface area contributed by atoms with Crippen LogP contribution in [0.4, 0.5) is 0 Å². The molecule has 0 bridgehead atoms. The molecular formula is C67H109N21O21S. The molecule has 31 N–H and O–H groups in total. The second-order valence-electron chi connectivity index (χ2n) is 26.3. The summed E-state index contributed by atoms with van der Waals surface area (Å²) in [4.78, 5) is 233. The molecule has 0 radical (unpaired) electrons. The Morgan fingerprint density at radius 1 is 0.464 bits per heavy atom. The number of primary amides is 2. The molecule has 0 spiro atoms. The Morgan fingerprint density at radius 2 is 0.864 bits per heavy atom. The van der Waals surface area contributed by atoms with Crippen LogP contribution in [-0.2, 0) is 87.9 Å². The normalized spacial score (nSPS) is 15.2. The molecule has 0 aliphatic rings. The fourth-order valence-electron chi connectivity index (χ4n) is 10.7. The monoisotopic (exact) mass is 1580 g/mol. The molecule has 1 aromatic heterocycles. The molecule has 0 saturated heterocycles. The number of carbonyl (C=O) groups excluding carboxylic acids is 14. The number of nitrogens with one attached hydrogen (secondary N) is 13. The average Bonchev–Trinajstić information content (AvgIpc) is 1.54. The number of carboxylic acid groups (broad SMARTS) is 3. The molecule has 110 heavy (non-hydrogen) atoms. The number of aliphatic hydroxyl groups excluding tert-OH is 1. The van der Waals surface area contributed by atoms with Gasteiger partial charge >= 0.3 is 17.9 Å². The number of aromatic nitrogens is 1. The van der Waals surface area contributed by atoms with Gasteiger partial charge in [-0.3, -0.25) is 81.7 Å². The quantitative estimate of drug-likeness (QED) is 0.0127. The van der Waals surface area contributed by atoms with Crippen LogP contribution >= 0.6 is 12.6 Å². The van der Waals surface area contributed by atoms with Crippen molar-refractivity contribution in [2.75, 3.05) is 25.4 Å². The molecule has 0 unspecified atom stereocenters. The maximum atomic E-state index is 14.4. The van der Waals surface area contributed by atoms with E-state index in [2.05, 4.69) is 86.4 Å². The van der Waals surface area contributed by atoms with Gasteiger partial charge in [0, 0.05) is 48.7 Å². The number of H-pyrrole nitrogens is 1. The molecule has 1 aromatic carbocycles. The van der Waals surface area contributed by atoms with Gasteiger partial charge in [-0.25, -0.2) is 4.79 Å². The highest BCUT2D eigenvalue weighted by Crippen LogP contribution is 2.20. The first kappa shape index (κ1) is 95.3. The Kier molecular flexibility index (Phi) is 42.7. The predicted molar refractivity (Wildman–Crippen MR) is 399 cm³/mol. The van der Waals surface area contributed by atoms with Crippen molar-refractivity contribution < 1.29 is 102 Å². The first-order valence-electron chi connectivity index (χ1n) is 35.7. The Bertz CT molecular complexity index is 3540. The summed E-state index contributed by atoms with van der Waals surface area (Å²) in [5, 5.41) is 69.4. The Hall–Kier alpha value is -10.8. The third-order valence-corrected chi connectivity index (χ3v) is 17.6. The minimum atomic E-state index is -2.06. The van der Waals surface area contributed by atoms with Crippen LogP contribution in [0.25, 0.3) is 10.9 Å². The highest BCUT2D eigenvalue weighted by molar-refractivity contribution is 7.80. The van der Waals surface area contributed by atoms with Gasteiger partial charge in [-0.1, -0.05) is 38.5 Å². The first-order valence-corrected chi connectivity index (χ1v) is 36.3. The van der Waals surface area contributed by atoms with Crippen LogP contribution in [0, 0.1) is 5.92 Å². The average molecular weight is 1580 g/mol. The molecule has 0 fully saturated rings. The standard InChI is InChI=1S/C67H109N21O21S/c1-6-32(2)52(64(106)86-47(31-110)63(105)81-41(17-10-12-26-69)58(100)77-33(3)54(96)79-40(16-9-11-25-68)57(99)78-34(4)55(97)84-45(66(108)109)20-23-49(72)91)87-60(102)43(19-22-48(71)90)83-65(107)53(35(5)89)88-61(103)44(21-24-50(92)93)82-59(101)42(18-13-27-75-67(73)74)80-62(104)46(29-51(94)95)85-56(98)38(70)28-36-30-76-39-15-8-7-14-37(36)39/h7-8,14-15,30,32-35,38,40-47,52-53,76,89,110H,6,9-13,16-29,31,68-70H2,1-5H3,(H2,71,90)(H2,72,91)(H,77,100)(H,78,99)(H,79,96)(H,80,104)(H,81,105)(H,82,101)(H,83,107)(H,84,97)(H,85,98)(H,86,106)(H,87,102)(H,88,103)(H,92,93)(H,94,95)(H,108,109)(H4,73,74,75)/t32-,33-,34-,35+,38-,40-,41-,42-,43-,44-,45-,46-,47-,52-,53-/m0/s1. The Labute approximate surface area is 639 Å². The third-order valence-electron chi connectivity index (χ3n) is 17.3. The van der Waals surface area contributed by atoms with E-state index < -0.39 is 229 Å². The van der Waals surface area contributed by atoms with Gasteiger partial charge < -0.3 is 129 Å². The first-order chi connectivity index (χ1) is 51.8. The molecular weight excluding hydrogens is 1470 g/mol. The van der Waals surface area contributed by atoms with E-state index in [-0.39, 0.29) is 83.4 Å². The fraction of sp³-hybridized carbons (Fsp3) is 0.612. The van der Waals surface area contributed by atoms with E-state index in [9.17, 15) is 102 Å². The lowest BCUT2D eigenvalue weighted by Gasteiger charge is -2.30. The largest absolute Gasteiger partial charge is 0.481 e. The van der Waals surface area contributed by atoms with Crippen molar-refractivity contribution in [3.63, 3.8) is 0 Å². The van der Waals surface area contributed by atoms with Crippen LogP contribution in [0.1, 0.15) is 143 Å². The number of aliphatic hydroxyl groups is 1. The molecule has 0 aliphatic heterocycles. The molecule has 1 heterocycles.